The molecule has 4 heteroatoms. The predicted molar refractivity (Wildman–Crippen MR) is 66.7 cm³/mol. The van der Waals surface area contributed by atoms with Gasteiger partial charge in [-0.05, 0) is 24.6 Å². The average molecular weight is 227 g/mol. The summed E-state index contributed by atoms with van der Waals surface area (Å²) in [5, 5.41) is 9.29. The highest BCUT2D eigenvalue weighted by Gasteiger charge is 2.10. The van der Waals surface area contributed by atoms with E-state index in [2.05, 4.69) is 4.74 Å². The average Bonchev–Trinajstić information content (AvgIpc) is 2.26. The Morgan fingerprint density at radius 3 is 2.25 bits per heavy atom. The summed E-state index contributed by atoms with van der Waals surface area (Å²) in [6, 6.07) is 2.86. The van der Waals surface area contributed by atoms with Crippen LogP contribution in [0.1, 0.15) is 37.2 Å². The third-order valence-corrected chi connectivity index (χ3v) is 1.79. The maximum absolute atomic E-state index is 11.1. The van der Waals surface area contributed by atoms with E-state index >= 15 is 0 Å². The van der Waals surface area contributed by atoms with E-state index in [9.17, 15) is 9.90 Å². The number of nitrogen functional groups attached to an aromatic ring is 1. The van der Waals surface area contributed by atoms with Crippen LogP contribution >= 0.6 is 0 Å². The Labute approximate surface area is 97.0 Å². The molecule has 0 radical (unpaired) electrons. The summed E-state index contributed by atoms with van der Waals surface area (Å²) in [4.78, 5) is 11.1. The fourth-order valence-electron chi connectivity index (χ4n) is 1.02. The Bertz CT molecular complexity index is 325. The number of phenolic OH excluding ortho intramolecular Hbond substituents is 1. The maximum Gasteiger partial charge on any atom is 0.337 e. The van der Waals surface area contributed by atoms with Gasteiger partial charge in [0.05, 0.1) is 18.4 Å². The number of anilines is 1. The van der Waals surface area contributed by atoms with Crippen molar-refractivity contribution < 1.29 is 14.6 Å². The molecule has 16 heavy (non-hydrogen) atoms. The van der Waals surface area contributed by atoms with Gasteiger partial charge in [-0.3, -0.25) is 0 Å². The Morgan fingerprint density at radius 1 is 1.38 bits per heavy atom. The molecule has 0 aliphatic heterocycles. The summed E-state index contributed by atoms with van der Waals surface area (Å²) < 4.78 is 4.50. The molecule has 0 heterocycles. The van der Waals surface area contributed by atoms with E-state index in [0.29, 0.717) is 11.1 Å². The highest BCUT2D eigenvalue weighted by Crippen LogP contribution is 2.25. The summed E-state index contributed by atoms with van der Waals surface area (Å²) >= 11 is 0. The smallest absolute Gasteiger partial charge is 0.337 e. The fourth-order valence-corrected chi connectivity index (χ4v) is 1.02. The fraction of sp³-hybridized carbons (Fsp3) is 0.417. The zero-order valence-corrected chi connectivity index (χ0v) is 9.50. The molecule has 1 rings (SSSR count). The van der Waals surface area contributed by atoms with Crippen LogP contribution < -0.4 is 5.73 Å². The number of rotatable bonds is 1. The number of hydrogen-bond acceptors (Lipinski definition) is 4. The second-order valence-electron chi connectivity index (χ2n) is 2.72. The lowest BCUT2D eigenvalue weighted by Crippen LogP contribution is -2.02. The summed E-state index contributed by atoms with van der Waals surface area (Å²) in [5.74, 6) is -0.584. The molecule has 0 bridgehead atoms. The van der Waals surface area contributed by atoms with Gasteiger partial charge in [0.25, 0.3) is 0 Å². The molecular formula is C12H21NO3. The SMILES string of the molecule is C.CC.COC(=O)c1cc(C)c(N)c(O)c1. The standard InChI is InChI=1S/C9H11NO3.C2H6.CH4/c1-5-3-6(9(12)13-2)4-7(11)8(5)10;1-2;/h3-4,11H,10H2,1-2H3;1-2H3;1H4. The molecule has 1 aromatic carbocycles. The van der Waals surface area contributed by atoms with Crippen molar-refractivity contribution in [2.75, 3.05) is 12.8 Å². The van der Waals surface area contributed by atoms with Crippen LogP contribution in [0.25, 0.3) is 0 Å². The number of phenols is 1. The van der Waals surface area contributed by atoms with Crippen LogP contribution in [0.4, 0.5) is 5.69 Å². The Morgan fingerprint density at radius 2 is 1.88 bits per heavy atom. The van der Waals surface area contributed by atoms with Crippen LogP contribution in [-0.2, 0) is 4.74 Å². The van der Waals surface area contributed by atoms with Crippen molar-refractivity contribution >= 4 is 11.7 Å². The Balaban J connectivity index is 0. The molecule has 0 aliphatic rings. The number of benzene rings is 1. The zero-order valence-electron chi connectivity index (χ0n) is 9.50. The third-order valence-electron chi connectivity index (χ3n) is 1.79. The van der Waals surface area contributed by atoms with Crippen LogP contribution in [-0.4, -0.2) is 18.2 Å². The van der Waals surface area contributed by atoms with Gasteiger partial charge in [0.15, 0.2) is 0 Å². The molecule has 0 unspecified atom stereocenters. The van der Waals surface area contributed by atoms with Crippen molar-refractivity contribution in [3.8, 4) is 5.75 Å². The zero-order chi connectivity index (χ0) is 12.0. The van der Waals surface area contributed by atoms with Gasteiger partial charge in [-0.25, -0.2) is 4.79 Å². The minimum atomic E-state index is -0.488. The van der Waals surface area contributed by atoms with E-state index in [1.54, 1.807) is 13.0 Å². The van der Waals surface area contributed by atoms with Crippen molar-refractivity contribution in [3.05, 3.63) is 23.3 Å². The summed E-state index contributed by atoms with van der Waals surface area (Å²) in [5.41, 5.74) is 6.73. The van der Waals surface area contributed by atoms with E-state index < -0.39 is 5.97 Å². The number of esters is 1. The minimum Gasteiger partial charge on any atom is -0.506 e. The van der Waals surface area contributed by atoms with Gasteiger partial charge >= 0.3 is 5.97 Å². The van der Waals surface area contributed by atoms with Crippen molar-refractivity contribution in [2.24, 2.45) is 0 Å². The Kier molecular flexibility index (Phi) is 7.90. The molecule has 0 fully saturated rings. The topological polar surface area (TPSA) is 72.5 Å². The van der Waals surface area contributed by atoms with Gasteiger partial charge < -0.3 is 15.6 Å². The first kappa shape index (κ1) is 16.7. The quantitative estimate of drug-likeness (QED) is 0.439. The molecule has 92 valence electrons. The van der Waals surface area contributed by atoms with Crippen molar-refractivity contribution in [2.45, 2.75) is 28.2 Å². The van der Waals surface area contributed by atoms with Crippen molar-refractivity contribution in [1.82, 2.24) is 0 Å². The lowest BCUT2D eigenvalue weighted by molar-refractivity contribution is 0.0600. The lowest BCUT2D eigenvalue weighted by atomic mass is 10.1. The van der Waals surface area contributed by atoms with E-state index in [1.165, 1.54) is 13.2 Å². The molecule has 4 nitrogen and oxygen atoms in total. The number of ether oxygens (including phenoxy) is 1. The first-order valence-corrected chi connectivity index (χ1v) is 4.73. The normalized spacial score (nSPS) is 8.25. The van der Waals surface area contributed by atoms with Gasteiger partial charge in [-0.15, -0.1) is 0 Å². The second-order valence-corrected chi connectivity index (χ2v) is 2.72. The first-order chi connectivity index (χ1) is 7.06. The number of carbonyl (C=O) groups is 1. The highest BCUT2D eigenvalue weighted by molar-refractivity contribution is 5.91. The van der Waals surface area contributed by atoms with E-state index in [1.807, 2.05) is 13.8 Å². The van der Waals surface area contributed by atoms with Crippen molar-refractivity contribution in [1.29, 1.82) is 0 Å². The van der Waals surface area contributed by atoms with Gasteiger partial charge in [-0.2, -0.15) is 0 Å². The summed E-state index contributed by atoms with van der Waals surface area (Å²) in [7, 11) is 1.28. The van der Waals surface area contributed by atoms with Crippen LogP contribution in [0, 0.1) is 6.92 Å². The number of hydrogen-bond donors (Lipinski definition) is 2. The van der Waals surface area contributed by atoms with Gasteiger partial charge in [0, 0.05) is 0 Å². The highest BCUT2D eigenvalue weighted by atomic mass is 16.5. The van der Waals surface area contributed by atoms with Gasteiger partial charge in [0.2, 0.25) is 0 Å². The molecule has 0 atom stereocenters. The third kappa shape index (κ3) is 3.81. The van der Waals surface area contributed by atoms with Crippen LogP contribution in [0.15, 0.2) is 12.1 Å². The van der Waals surface area contributed by atoms with E-state index in [0.717, 1.165) is 0 Å². The van der Waals surface area contributed by atoms with Gasteiger partial charge in [-0.1, -0.05) is 21.3 Å². The van der Waals surface area contributed by atoms with E-state index in [4.69, 9.17) is 5.73 Å². The molecule has 0 spiro atoms. The predicted octanol–water partition coefficient (Wildman–Crippen LogP) is 2.73. The van der Waals surface area contributed by atoms with Crippen molar-refractivity contribution in [3.63, 3.8) is 0 Å². The maximum atomic E-state index is 11.1. The van der Waals surface area contributed by atoms with E-state index in [-0.39, 0.29) is 18.9 Å². The molecule has 0 saturated carbocycles. The molecule has 0 amide bonds. The molecule has 1 aromatic rings. The molecule has 3 N–H and O–H groups in total. The monoisotopic (exact) mass is 227 g/mol. The molecule has 0 aliphatic carbocycles. The lowest BCUT2D eigenvalue weighted by Gasteiger charge is -2.05. The summed E-state index contributed by atoms with van der Waals surface area (Å²) in [6.45, 7) is 5.71. The molecule has 0 saturated heterocycles. The first-order valence-electron chi connectivity index (χ1n) is 4.73. The number of nitrogens with two attached hydrogens (primary N) is 1. The van der Waals surface area contributed by atoms with Crippen LogP contribution in [0.3, 0.4) is 0 Å². The number of aryl methyl sites for hydroxylation is 1. The minimum absolute atomic E-state index is 0. The number of carbonyl (C=O) groups excluding carboxylic acids is 1. The molecule has 0 aromatic heterocycles. The van der Waals surface area contributed by atoms with Crippen LogP contribution in [0.5, 0.6) is 5.75 Å². The van der Waals surface area contributed by atoms with Crippen LogP contribution in [0.2, 0.25) is 0 Å². The Hall–Kier alpha value is -1.71. The second kappa shape index (κ2) is 7.56. The largest absolute Gasteiger partial charge is 0.506 e. The van der Waals surface area contributed by atoms with Gasteiger partial charge in [0.1, 0.15) is 5.75 Å². The number of aromatic hydroxyl groups is 1. The molecular weight excluding hydrogens is 206 g/mol. The summed E-state index contributed by atoms with van der Waals surface area (Å²) in [6.07, 6.45) is 0. The number of methoxy groups -OCH3 is 1.